The lowest BCUT2D eigenvalue weighted by Gasteiger charge is -2.27. The second kappa shape index (κ2) is 5.32. The van der Waals surface area contributed by atoms with Crippen molar-refractivity contribution >= 4 is 5.84 Å². The summed E-state index contributed by atoms with van der Waals surface area (Å²) in [5.41, 5.74) is 6.85. The zero-order valence-electron chi connectivity index (χ0n) is 9.70. The maximum Gasteiger partial charge on any atom is 0.137 e. The topological polar surface area (TPSA) is 71.7 Å². The molecule has 2 aliphatic rings. The molecule has 0 amide bonds. The van der Waals surface area contributed by atoms with E-state index in [2.05, 4.69) is 15.6 Å². The number of nitrogens with two attached hydrogens (primary N) is 1. The average molecular weight is 224 g/mol. The molecule has 0 radical (unpaired) electrons. The Bertz CT molecular complexity index is 294. The molecular formula is C11H20N4O. The molecule has 16 heavy (non-hydrogen) atoms. The average Bonchev–Trinajstić information content (AvgIpc) is 2.32. The van der Waals surface area contributed by atoms with Crippen LogP contribution in [0.3, 0.4) is 0 Å². The van der Waals surface area contributed by atoms with Crippen LogP contribution in [0.2, 0.25) is 0 Å². The Morgan fingerprint density at radius 1 is 1.56 bits per heavy atom. The lowest BCUT2D eigenvalue weighted by molar-refractivity contribution is 0.0658. The number of nitrogens with zero attached hydrogens (tertiary/aromatic N) is 1. The fourth-order valence-electron chi connectivity index (χ4n) is 1.98. The van der Waals surface area contributed by atoms with E-state index >= 15 is 0 Å². The van der Waals surface area contributed by atoms with Gasteiger partial charge in [0.15, 0.2) is 0 Å². The molecule has 4 N–H and O–H groups in total. The number of hydrogen-bond acceptors (Lipinski definition) is 5. The molecule has 1 atom stereocenters. The lowest BCUT2D eigenvalue weighted by Crippen LogP contribution is -2.53. The minimum atomic E-state index is -0.0205. The summed E-state index contributed by atoms with van der Waals surface area (Å²) in [5, 5.41) is 6.68. The molecule has 1 fully saturated rings. The molecule has 1 saturated heterocycles. The van der Waals surface area contributed by atoms with Crippen LogP contribution >= 0.6 is 0 Å². The molecule has 0 aromatic carbocycles. The number of amidine groups is 1. The highest BCUT2D eigenvalue weighted by Gasteiger charge is 2.19. The van der Waals surface area contributed by atoms with E-state index in [9.17, 15) is 0 Å². The smallest absolute Gasteiger partial charge is 0.137 e. The molecule has 0 aliphatic carbocycles. The van der Waals surface area contributed by atoms with Crippen LogP contribution in [0.1, 0.15) is 19.8 Å². The first-order valence-electron chi connectivity index (χ1n) is 5.83. The van der Waals surface area contributed by atoms with Crippen molar-refractivity contribution in [2.45, 2.75) is 25.9 Å². The highest BCUT2D eigenvalue weighted by Crippen LogP contribution is 2.13. The van der Waals surface area contributed by atoms with Crippen LogP contribution in [0, 0.1) is 5.92 Å². The Morgan fingerprint density at radius 3 is 3.06 bits per heavy atom. The molecule has 0 saturated carbocycles. The predicted molar refractivity (Wildman–Crippen MR) is 63.8 cm³/mol. The molecule has 1 unspecified atom stereocenters. The summed E-state index contributed by atoms with van der Waals surface area (Å²) in [7, 11) is 0. The van der Waals surface area contributed by atoms with E-state index in [-0.39, 0.29) is 6.17 Å². The molecule has 0 bridgehead atoms. The third-order valence-electron chi connectivity index (χ3n) is 3.03. The Hall–Kier alpha value is -1.07. The van der Waals surface area contributed by atoms with Crippen LogP contribution in [0.25, 0.3) is 0 Å². The summed E-state index contributed by atoms with van der Waals surface area (Å²) >= 11 is 0. The number of nitrogens with one attached hydrogen (secondary N) is 2. The largest absolute Gasteiger partial charge is 0.384 e. The summed E-state index contributed by atoms with van der Waals surface area (Å²) in [6.07, 6.45) is 3.99. The van der Waals surface area contributed by atoms with E-state index in [0.29, 0.717) is 11.8 Å². The molecule has 2 rings (SSSR count). The minimum Gasteiger partial charge on any atom is -0.384 e. The van der Waals surface area contributed by atoms with Crippen LogP contribution < -0.4 is 16.4 Å². The van der Waals surface area contributed by atoms with Crippen LogP contribution in [-0.2, 0) is 4.74 Å². The van der Waals surface area contributed by atoms with Crippen molar-refractivity contribution in [1.82, 2.24) is 10.6 Å². The van der Waals surface area contributed by atoms with Gasteiger partial charge in [-0.3, -0.25) is 5.32 Å². The van der Waals surface area contributed by atoms with Gasteiger partial charge in [0.2, 0.25) is 0 Å². The Labute approximate surface area is 96.1 Å². The number of hydrogen-bond donors (Lipinski definition) is 3. The van der Waals surface area contributed by atoms with E-state index in [1.54, 1.807) is 6.20 Å². The molecule has 0 aromatic heterocycles. The van der Waals surface area contributed by atoms with Crippen molar-refractivity contribution < 1.29 is 4.74 Å². The minimum absolute atomic E-state index is 0.0205. The van der Waals surface area contributed by atoms with E-state index < -0.39 is 0 Å². The second-order valence-electron chi connectivity index (χ2n) is 4.41. The number of ether oxygens (including phenoxy) is 1. The number of rotatable bonds is 3. The maximum absolute atomic E-state index is 5.81. The monoisotopic (exact) mass is 224 g/mol. The van der Waals surface area contributed by atoms with Crippen LogP contribution in [-0.4, -0.2) is 31.8 Å². The fraction of sp³-hybridized carbons (Fsp3) is 0.727. The molecule has 0 spiro atoms. The van der Waals surface area contributed by atoms with Gasteiger partial charge in [0, 0.05) is 31.7 Å². The standard InChI is InChI=1S/C11H20N4O/c1-8-6-13-10(12)11(15-8)14-7-9-2-4-16-5-3-9/h6,9,11,14-15H,2-5,7H2,1H3,(H2,12,13). The first-order valence-corrected chi connectivity index (χ1v) is 5.83. The molecule has 2 heterocycles. The van der Waals surface area contributed by atoms with Crippen molar-refractivity contribution in [1.29, 1.82) is 0 Å². The van der Waals surface area contributed by atoms with Gasteiger partial charge in [-0.25, -0.2) is 4.99 Å². The van der Waals surface area contributed by atoms with Gasteiger partial charge in [-0.2, -0.15) is 0 Å². The van der Waals surface area contributed by atoms with Crippen LogP contribution in [0.15, 0.2) is 16.9 Å². The molecule has 5 nitrogen and oxygen atoms in total. The van der Waals surface area contributed by atoms with Crippen molar-refractivity contribution in [2.24, 2.45) is 16.6 Å². The first kappa shape index (κ1) is 11.4. The third kappa shape index (κ3) is 2.96. The maximum atomic E-state index is 5.81. The van der Waals surface area contributed by atoms with Gasteiger partial charge in [-0.1, -0.05) is 0 Å². The van der Waals surface area contributed by atoms with E-state index in [4.69, 9.17) is 10.5 Å². The molecule has 2 aliphatic heterocycles. The van der Waals surface area contributed by atoms with Crippen LogP contribution in [0.5, 0.6) is 0 Å². The second-order valence-corrected chi connectivity index (χ2v) is 4.41. The van der Waals surface area contributed by atoms with Crippen molar-refractivity contribution in [3.63, 3.8) is 0 Å². The van der Waals surface area contributed by atoms with E-state index in [1.165, 1.54) is 0 Å². The highest BCUT2D eigenvalue weighted by atomic mass is 16.5. The Kier molecular flexibility index (Phi) is 3.79. The zero-order chi connectivity index (χ0) is 11.4. The Morgan fingerprint density at radius 2 is 2.31 bits per heavy atom. The summed E-state index contributed by atoms with van der Waals surface area (Å²) in [6, 6.07) is 0. The van der Waals surface area contributed by atoms with Gasteiger partial charge in [0.25, 0.3) is 0 Å². The number of allylic oxidation sites excluding steroid dienone is 1. The van der Waals surface area contributed by atoms with Crippen molar-refractivity contribution in [3.05, 3.63) is 11.9 Å². The molecule has 0 aromatic rings. The van der Waals surface area contributed by atoms with Crippen LogP contribution in [0.4, 0.5) is 0 Å². The van der Waals surface area contributed by atoms with Gasteiger partial charge in [-0.05, 0) is 25.7 Å². The van der Waals surface area contributed by atoms with Gasteiger partial charge in [-0.15, -0.1) is 0 Å². The summed E-state index contributed by atoms with van der Waals surface area (Å²) in [6.45, 7) is 4.71. The zero-order valence-corrected chi connectivity index (χ0v) is 9.70. The molecule has 5 heteroatoms. The van der Waals surface area contributed by atoms with Gasteiger partial charge in [0.1, 0.15) is 12.0 Å². The SMILES string of the molecule is CC1=CN=C(N)C(NCC2CCOCC2)N1. The molecular weight excluding hydrogens is 204 g/mol. The van der Waals surface area contributed by atoms with Gasteiger partial charge >= 0.3 is 0 Å². The quantitative estimate of drug-likeness (QED) is 0.638. The van der Waals surface area contributed by atoms with E-state index in [0.717, 1.165) is 38.3 Å². The van der Waals surface area contributed by atoms with E-state index in [1.807, 2.05) is 6.92 Å². The fourth-order valence-corrected chi connectivity index (χ4v) is 1.98. The van der Waals surface area contributed by atoms with Gasteiger partial charge in [0.05, 0.1) is 0 Å². The first-order chi connectivity index (χ1) is 7.75. The normalized spacial score (nSPS) is 26.9. The highest BCUT2D eigenvalue weighted by molar-refractivity contribution is 5.86. The number of aliphatic imine (C=N–C) groups is 1. The van der Waals surface area contributed by atoms with Crippen molar-refractivity contribution in [3.8, 4) is 0 Å². The molecule has 90 valence electrons. The van der Waals surface area contributed by atoms with Crippen molar-refractivity contribution in [2.75, 3.05) is 19.8 Å². The van der Waals surface area contributed by atoms with Gasteiger partial charge < -0.3 is 15.8 Å². The summed E-state index contributed by atoms with van der Waals surface area (Å²) < 4.78 is 5.33. The summed E-state index contributed by atoms with van der Waals surface area (Å²) in [4.78, 5) is 4.14. The lowest BCUT2D eigenvalue weighted by atomic mass is 10.0. The third-order valence-corrected chi connectivity index (χ3v) is 3.03. The Balaban J connectivity index is 1.77. The predicted octanol–water partition coefficient (Wildman–Crippen LogP) is 0.150. The summed E-state index contributed by atoms with van der Waals surface area (Å²) in [5.74, 6) is 1.30.